The van der Waals surface area contributed by atoms with Crippen LogP contribution >= 0.6 is 23.4 Å². The molecular weight excluding hydrogens is 340 g/mol. The monoisotopic (exact) mass is 354 g/mol. The van der Waals surface area contributed by atoms with Crippen molar-refractivity contribution in [1.82, 2.24) is 15.0 Å². The maximum absolute atomic E-state index is 12.2. The molecule has 0 saturated carbocycles. The van der Waals surface area contributed by atoms with Gasteiger partial charge in [0.25, 0.3) is 5.91 Å². The molecule has 0 radical (unpaired) electrons. The van der Waals surface area contributed by atoms with E-state index in [0.29, 0.717) is 29.9 Å². The molecule has 2 heterocycles. The smallest absolute Gasteiger partial charge is 0.276 e. The Kier molecular flexibility index (Phi) is 6.57. The van der Waals surface area contributed by atoms with Crippen molar-refractivity contribution in [3.8, 4) is 5.88 Å². The summed E-state index contributed by atoms with van der Waals surface area (Å²) in [6.07, 6.45) is 4.71. The lowest BCUT2D eigenvalue weighted by atomic mass is 10.3. The van der Waals surface area contributed by atoms with Crippen LogP contribution in [-0.4, -0.2) is 47.4 Å². The van der Waals surface area contributed by atoms with Gasteiger partial charge in [0.2, 0.25) is 5.88 Å². The summed E-state index contributed by atoms with van der Waals surface area (Å²) in [5.41, 5.74) is 0.626. The van der Waals surface area contributed by atoms with Crippen molar-refractivity contribution in [2.24, 2.45) is 0 Å². The van der Waals surface area contributed by atoms with E-state index < -0.39 is 5.91 Å². The number of methoxy groups -OCH3 is 1. The largest absolute Gasteiger partial charge is 0.475 e. The number of rotatable bonds is 7. The van der Waals surface area contributed by atoms with Gasteiger partial charge >= 0.3 is 0 Å². The summed E-state index contributed by atoms with van der Waals surface area (Å²) < 4.78 is 10.2. The molecule has 7 nitrogen and oxygen atoms in total. The van der Waals surface area contributed by atoms with Crippen molar-refractivity contribution in [3.05, 3.63) is 35.2 Å². The number of aromatic nitrogens is 3. The van der Waals surface area contributed by atoms with Crippen LogP contribution < -0.4 is 10.1 Å². The van der Waals surface area contributed by atoms with Crippen LogP contribution in [0.5, 0.6) is 5.88 Å². The highest BCUT2D eigenvalue weighted by Crippen LogP contribution is 2.18. The molecule has 0 atom stereocenters. The van der Waals surface area contributed by atoms with Crippen LogP contribution in [0.25, 0.3) is 0 Å². The lowest BCUT2D eigenvalue weighted by Crippen LogP contribution is -2.15. The van der Waals surface area contributed by atoms with Crippen LogP contribution in [0.1, 0.15) is 10.5 Å². The zero-order chi connectivity index (χ0) is 16.7. The summed E-state index contributed by atoms with van der Waals surface area (Å²) in [4.78, 5) is 24.4. The van der Waals surface area contributed by atoms with Gasteiger partial charge < -0.3 is 14.8 Å². The number of halogens is 1. The zero-order valence-electron chi connectivity index (χ0n) is 12.6. The Labute approximate surface area is 142 Å². The van der Waals surface area contributed by atoms with Gasteiger partial charge in [-0.05, 0) is 12.3 Å². The quantitative estimate of drug-likeness (QED) is 0.464. The second kappa shape index (κ2) is 8.66. The van der Waals surface area contributed by atoms with Crippen LogP contribution in [0.4, 0.5) is 5.69 Å². The summed E-state index contributed by atoms with van der Waals surface area (Å²) in [5, 5.41) is 3.34. The van der Waals surface area contributed by atoms with E-state index in [-0.39, 0.29) is 10.7 Å². The normalized spacial score (nSPS) is 10.4. The third kappa shape index (κ3) is 5.05. The van der Waals surface area contributed by atoms with Gasteiger partial charge in [0, 0.05) is 13.2 Å². The highest BCUT2D eigenvalue weighted by Gasteiger charge is 2.14. The minimum Gasteiger partial charge on any atom is -0.475 e. The van der Waals surface area contributed by atoms with Gasteiger partial charge in [-0.3, -0.25) is 4.79 Å². The van der Waals surface area contributed by atoms with Crippen molar-refractivity contribution in [3.63, 3.8) is 0 Å². The molecule has 2 aromatic heterocycles. The summed E-state index contributed by atoms with van der Waals surface area (Å²) in [6.45, 7) is 0.882. The van der Waals surface area contributed by atoms with Gasteiger partial charge in [-0.2, -0.15) is 0 Å². The van der Waals surface area contributed by atoms with Crippen LogP contribution in [-0.2, 0) is 4.74 Å². The highest BCUT2D eigenvalue weighted by molar-refractivity contribution is 7.98. The number of nitrogens with zero attached hydrogens (tertiary/aromatic N) is 3. The number of hydrogen-bond acceptors (Lipinski definition) is 7. The standard InChI is InChI=1S/C14H15ClN4O3S/c1-21-5-6-22-11-4-3-9(7-16-11)18-13(20)12-10(15)8-17-14(19-12)23-2/h3-4,7-8H,5-6H2,1-2H3,(H,18,20). The molecule has 0 aliphatic carbocycles. The van der Waals surface area contributed by atoms with E-state index in [1.54, 1.807) is 19.2 Å². The number of amides is 1. The maximum Gasteiger partial charge on any atom is 0.276 e. The average molecular weight is 355 g/mol. The Bertz CT molecular complexity index is 670. The van der Waals surface area contributed by atoms with Crippen molar-refractivity contribution in [2.75, 3.05) is 31.9 Å². The number of ether oxygens (including phenoxy) is 2. The molecule has 1 N–H and O–H groups in total. The topological polar surface area (TPSA) is 86.2 Å². The first-order valence-electron chi connectivity index (χ1n) is 6.59. The lowest BCUT2D eigenvalue weighted by Gasteiger charge is -2.08. The maximum atomic E-state index is 12.2. The zero-order valence-corrected chi connectivity index (χ0v) is 14.1. The molecule has 0 unspecified atom stereocenters. The molecule has 1 amide bonds. The van der Waals surface area contributed by atoms with Crippen LogP contribution in [0.2, 0.25) is 5.02 Å². The Morgan fingerprint density at radius 2 is 2.13 bits per heavy atom. The summed E-state index contributed by atoms with van der Waals surface area (Å²) >= 11 is 7.29. The predicted octanol–water partition coefficient (Wildman–Crippen LogP) is 2.52. The fourth-order valence-electron chi connectivity index (χ4n) is 1.57. The molecule has 0 aromatic carbocycles. The van der Waals surface area contributed by atoms with E-state index in [1.807, 2.05) is 6.26 Å². The van der Waals surface area contributed by atoms with Crippen LogP contribution in [0, 0.1) is 0 Å². The second-order valence-corrected chi connectivity index (χ2v) is 5.41. The Morgan fingerprint density at radius 1 is 1.30 bits per heavy atom. The molecule has 9 heteroatoms. The minimum absolute atomic E-state index is 0.117. The van der Waals surface area contributed by atoms with Crippen molar-refractivity contribution >= 4 is 35.0 Å². The molecule has 0 aliphatic rings. The molecule has 2 aromatic rings. The minimum atomic E-state index is -0.428. The highest BCUT2D eigenvalue weighted by atomic mass is 35.5. The molecule has 23 heavy (non-hydrogen) atoms. The second-order valence-electron chi connectivity index (χ2n) is 4.23. The van der Waals surface area contributed by atoms with Crippen LogP contribution in [0.15, 0.2) is 29.7 Å². The molecular formula is C14H15ClN4O3S. The summed E-state index contributed by atoms with van der Waals surface area (Å²) in [5.74, 6) is 0.0207. The van der Waals surface area contributed by atoms with E-state index >= 15 is 0 Å². The van der Waals surface area contributed by atoms with Crippen molar-refractivity contribution < 1.29 is 14.3 Å². The first-order chi connectivity index (χ1) is 11.1. The number of thioether (sulfide) groups is 1. The van der Waals surface area contributed by atoms with E-state index in [1.165, 1.54) is 24.2 Å². The molecule has 2 rings (SSSR count). The first kappa shape index (κ1) is 17.5. The number of pyridine rings is 1. The van der Waals surface area contributed by atoms with Gasteiger partial charge in [-0.1, -0.05) is 23.4 Å². The predicted molar refractivity (Wildman–Crippen MR) is 88.4 cm³/mol. The van der Waals surface area contributed by atoms with Crippen LogP contribution in [0.3, 0.4) is 0 Å². The van der Waals surface area contributed by atoms with Crippen molar-refractivity contribution in [2.45, 2.75) is 5.16 Å². The fourth-order valence-corrected chi connectivity index (χ4v) is 2.09. The van der Waals surface area contributed by atoms with Crippen molar-refractivity contribution in [1.29, 1.82) is 0 Å². The molecule has 0 fully saturated rings. The summed E-state index contributed by atoms with van der Waals surface area (Å²) in [6, 6.07) is 3.33. The van der Waals surface area contributed by atoms with Gasteiger partial charge in [0.05, 0.1) is 29.7 Å². The molecule has 0 spiro atoms. The molecule has 0 saturated heterocycles. The lowest BCUT2D eigenvalue weighted by molar-refractivity contribution is 0.102. The number of carbonyl (C=O) groups is 1. The van der Waals surface area contributed by atoms with E-state index in [4.69, 9.17) is 21.1 Å². The average Bonchev–Trinajstić information content (AvgIpc) is 2.57. The van der Waals surface area contributed by atoms with E-state index in [9.17, 15) is 4.79 Å². The third-order valence-corrected chi connectivity index (χ3v) is 3.49. The van der Waals surface area contributed by atoms with Gasteiger partial charge in [-0.15, -0.1) is 0 Å². The van der Waals surface area contributed by atoms with Gasteiger partial charge in [0.15, 0.2) is 10.9 Å². The van der Waals surface area contributed by atoms with E-state index in [0.717, 1.165) is 0 Å². The first-order valence-corrected chi connectivity index (χ1v) is 8.20. The SMILES string of the molecule is COCCOc1ccc(NC(=O)c2nc(SC)ncc2Cl)cn1. The Morgan fingerprint density at radius 3 is 2.78 bits per heavy atom. The molecule has 0 aliphatic heterocycles. The fraction of sp³-hybridized carbons (Fsp3) is 0.286. The molecule has 0 bridgehead atoms. The number of hydrogen-bond donors (Lipinski definition) is 1. The Hall–Kier alpha value is -1.90. The van der Waals surface area contributed by atoms with Gasteiger partial charge in [-0.25, -0.2) is 15.0 Å². The number of carbonyl (C=O) groups excluding carboxylic acids is 1. The summed E-state index contributed by atoms with van der Waals surface area (Å²) in [7, 11) is 1.59. The Balaban J connectivity index is 2.02. The van der Waals surface area contributed by atoms with E-state index in [2.05, 4.69) is 20.3 Å². The number of nitrogens with one attached hydrogen (secondary N) is 1. The molecule has 122 valence electrons. The third-order valence-electron chi connectivity index (χ3n) is 2.65. The van der Waals surface area contributed by atoms with Gasteiger partial charge in [0.1, 0.15) is 6.61 Å². The number of anilines is 1.